The van der Waals surface area contributed by atoms with Crippen molar-refractivity contribution in [3.05, 3.63) is 75.6 Å². The minimum Gasteiger partial charge on any atom is -0.326 e. The molecule has 1 heterocycles. The second-order valence-corrected chi connectivity index (χ2v) is 8.59. The van der Waals surface area contributed by atoms with Gasteiger partial charge in [-0.15, -0.1) is 0 Å². The van der Waals surface area contributed by atoms with Crippen LogP contribution in [0.4, 0.5) is 11.4 Å². The third kappa shape index (κ3) is 5.37. The summed E-state index contributed by atoms with van der Waals surface area (Å²) in [6.45, 7) is 11.1. The number of carbonyl (C=O) groups excluding carboxylic acids is 2. The topological polar surface area (TPSA) is 93.1 Å². The van der Waals surface area contributed by atoms with Crippen molar-refractivity contribution >= 4 is 23.2 Å². The van der Waals surface area contributed by atoms with Gasteiger partial charge in [0.2, 0.25) is 11.8 Å². The van der Waals surface area contributed by atoms with Crippen molar-refractivity contribution in [2.24, 2.45) is 5.92 Å². The summed E-state index contributed by atoms with van der Waals surface area (Å²) in [6, 6.07) is 13.5. The van der Waals surface area contributed by atoms with Crippen LogP contribution in [0.15, 0.2) is 53.3 Å². The van der Waals surface area contributed by atoms with Crippen molar-refractivity contribution in [3.63, 3.8) is 0 Å². The lowest BCUT2D eigenvalue weighted by Crippen LogP contribution is -2.33. The third-order valence-corrected chi connectivity index (χ3v) is 5.75. The predicted molar refractivity (Wildman–Crippen MR) is 131 cm³/mol. The quantitative estimate of drug-likeness (QED) is 0.577. The molecule has 0 saturated heterocycles. The maximum Gasteiger partial charge on any atom is 0.267 e. The van der Waals surface area contributed by atoms with Gasteiger partial charge in [0.25, 0.3) is 5.56 Å². The van der Waals surface area contributed by atoms with Crippen molar-refractivity contribution in [3.8, 4) is 11.3 Å². The molecule has 0 saturated carbocycles. The van der Waals surface area contributed by atoms with Crippen LogP contribution in [0.5, 0.6) is 0 Å². The Morgan fingerprint density at radius 1 is 0.848 bits per heavy atom. The van der Waals surface area contributed by atoms with E-state index in [1.165, 1.54) is 10.7 Å². The van der Waals surface area contributed by atoms with Gasteiger partial charge in [-0.1, -0.05) is 38.1 Å². The Morgan fingerprint density at radius 2 is 1.55 bits per heavy atom. The fraction of sp³-hybridized carbons (Fsp3) is 0.308. The van der Waals surface area contributed by atoms with Crippen molar-refractivity contribution in [2.45, 2.75) is 47.6 Å². The van der Waals surface area contributed by atoms with Crippen LogP contribution in [0.3, 0.4) is 0 Å². The zero-order valence-corrected chi connectivity index (χ0v) is 19.9. The Kier molecular flexibility index (Phi) is 7.11. The Hall–Kier alpha value is -3.74. The van der Waals surface area contributed by atoms with Gasteiger partial charge < -0.3 is 10.6 Å². The molecule has 2 N–H and O–H groups in total. The fourth-order valence-electron chi connectivity index (χ4n) is 3.28. The maximum atomic E-state index is 12.9. The van der Waals surface area contributed by atoms with E-state index in [2.05, 4.69) is 15.7 Å². The smallest absolute Gasteiger partial charge is 0.267 e. The Labute approximate surface area is 193 Å². The zero-order chi connectivity index (χ0) is 24.3. The van der Waals surface area contributed by atoms with E-state index in [0.717, 1.165) is 22.3 Å². The molecule has 7 heteroatoms. The first-order chi connectivity index (χ1) is 15.6. The summed E-state index contributed by atoms with van der Waals surface area (Å²) in [5, 5.41) is 10.3. The lowest BCUT2D eigenvalue weighted by molar-refractivity contribution is -0.119. The van der Waals surface area contributed by atoms with Gasteiger partial charge in [0, 0.05) is 28.9 Å². The van der Waals surface area contributed by atoms with E-state index in [1.807, 2.05) is 71.0 Å². The molecule has 2 amide bonds. The van der Waals surface area contributed by atoms with Crippen LogP contribution in [0.25, 0.3) is 11.3 Å². The lowest BCUT2D eigenvalue weighted by Gasteiger charge is -2.17. The van der Waals surface area contributed by atoms with Crippen molar-refractivity contribution < 1.29 is 9.59 Å². The molecule has 0 fully saturated rings. The standard InChI is InChI=1S/C26H30N4O3/c1-15(2)25(32)28-23-14-20(11-10-17(23)4)22-12-13-24(31)30(29-22)19(6)26(33)27-21-9-7-8-16(3)18(21)5/h7-15,19H,1-6H3,(H,27,33)(H,28,32)/t19-/m1/s1. The van der Waals surface area contributed by atoms with Crippen LogP contribution >= 0.6 is 0 Å². The minimum absolute atomic E-state index is 0.0788. The van der Waals surface area contributed by atoms with Gasteiger partial charge in [-0.3, -0.25) is 14.4 Å². The molecule has 3 rings (SSSR count). The van der Waals surface area contributed by atoms with E-state index in [-0.39, 0.29) is 23.3 Å². The van der Waals surface area contributed by atoms with Crippen LogP contribution in [-0.4, -0.2) is 21.6 Å². The molecule has 3 aromatic rings. The zero-order valence-electron chi connectivity index (χ0n) is 19.9. The summed E-state index contributed by atoms with van der Waals surface area (Å²) in [4.78, 5) is 37.6. The van der Waals surface area contributed by atoms with E-state index in [4.69, 9.17) is 0 Å². The minimum atomic E-state index is -0.817. The van der Waals surface area contributed by atoms with Crippen molar-refractivity contribution in [1.29, 1.82) is 0 Å². The molecule has 0 unspecified atom stereocenters. The van der Waals surface area contributed by atoms with Gasteiger partial charge in [-0.2, -0.15) is 5.10 Å². The lowest BCUT2D eigenvalue weighted by atomic mass is 10.1. The highest BCUT2D eigenvalue weighted by Gasteiger charge is 2.19. The van der Waals surface area contributed by atoms with Crippen LogP contribution < -0.4 is 16.2 Å². The first-order valence-electron chi connectivity index (χ1n) is 11.0. The number of hydrogen-bond acceptors (Lipinski definition) is 4. The maximum absolute atomic E-state index is 12.9. The number of aryl methyl sites for hydroxylation is 2. The summed E-state index contributed by atoms with van der Waals surface area (Å²) in [5.41, 5.74) is 5.24. The normalized spacial score (nSPS) is 11.8. The average molecular weight is 447 g/mol. The first-order valence-corrected chi connectivity index (χ1v) is 11.0. The SMILES string of the molecule is Cc1ccc(-c2ccc(=O)n([C@H](C)C(=O)Nc3cccc(C)c3C)n2)cc1NC(=O)C(C)C. The summed E-state index contributed by atoms with van der Waals surface area (Å²) >= 11 is 0. The second kappa shape index (κ2) is 9.81. The highest BCUT2D eigenvalue weighted by Crippen LogP contribution is 2.25. The molecule has 33 heavy (non-hydrogen) atoms. The molecule has 0 bridgehead atoms. The van der Waals surface area contributed by atoms with Gasteiger partial charge in [-0.25, -0.2) is 4.68 Å². The molecule has 172 valence electrons. The van der Waals surface area contributed by atoms with Gasteiger partial charge in [0.15, 0.2) is 0 Å². The molecule has 0 spiro atoms. The highest BCUT2D eigenvalue weighted by atomic mass is 16.2. The van der Waals surface area contributed by atoms with E-state index < -0.39 is 6.04 Å². The first kappa shape index (κ1) is 23.9. The molecule has 1 aromatic heterocycles. The molecular formula is C26H30N4O3. The fourth-order valence-corrected chi connectivity index (χ4v) is 3.28. The molecule has 0 aliphatic heterocycles. The van der Waals surface area contributed by atoms with E-state index >= 15 is 0 Å². The number of anilines is 2. The predicted octanol–water partition coefficient (Wildman–Crippen LogP) is 4.63. The summed E-state index contributed by atoms with van der Waals surface area (Å²) in [6.07, 6.45) is 0. The molecule has 0 radical (unpaired) electrons. The molecular weight excluding hydrogens is 416 g/mol. The van der Waals surface area contributed by atoms with Crippen LogP contribution in [-0.2, 0) is 9.59 Å². The average Bonchev–Trinajstić information content (AvgIpc) is 2.78. The molecule has 2 aromatic carbocycles. The number of benzene rings is 2. The van der Waals surface area contributed by atoms with Crippen LogP contribution in [0, 0.1) is 26.7 Å². The Balaban J connectivity index is 1.90. The third-order valence-electron chi connectivity index (χ3n) is 5.75. The summed E-state index contributed by atoms with van der Waals surface area (Å²) in [7, 11) is 0. The summed E-state index contributed by atoms with van der Waals surface area (Å²) in [5.74, 6) is -0.557. The molecule has 0 aliphatic carbocycles. The van der Waals surface area contributed by atoms with Crippen LogP contribution in [0.1, 0.15) is 43.5 Å². The summed E-state index contributed by atoms with van der Waals surface area (Å²) < 4.78 is 1.18. The number of carbonyl (C=O) groups is 2. The van der Waals surface area contributed by atoms with E-state index in [9.17, 15) is 14.4 Å². The van der Waals surface area contributed by atoms with E-state index in [1.54, 1.807) is 13.0 Å². The number of hydrogen-bond donors (Lipinski definition) is 2. The van der Waals surface area contributed by atoms with Crippen molar-refractivity contribution in [1.82, 2.24) is 9.78 Å². The number of rotatable bonds is 6. The van der Waals surface area contributed by atoms with E-state index in [0.29, 0.717) is 17.1 Å². The monoisotopic (exact) mass is 446 g/mol. The molecule has 7 nitrogen and oxygen atoms in total. The van der Waals surface area contributed by atoms with Crippen molar-refractivity contribution in [2.75, 3.05) is 10.6 Å². The number of aromatic nitrogens is 2. The Bertz CT molecular complexity index is 1260. The van der Waals surface area contributed by atoms with Gasteiger partial charge in [0.05, 0.1) is 5.69 Å². The molecule has 0 aliphatic rings. The van der Waals surface area contributed by atoms with Gasteiger partial charge >= 0.3 is 0 Å². The number of nitrogens with zero attached hydrogens (tertiary/aromatic N) is 2. The van der Waals surface area contributed by atoms with Crippen LogP contribution in [0.2, 0.25) is 0 Å². The van der Waals surface area contributed by atoms with Gasteiger partial charge in [-0.05, 0) is 62.6 Å². The van der Waals surface area contributed by atoms with Gasteiger partial charge in [0.1, 0.15) is 6.04 Å². The largest absolute Gasteiger partial charge is 0.326 e. The number of nitrogens with one attached hydrogen (secondary N) is 2. The Morgan fingerprint density at radius 3 is 2.24 bits per heavy atom. The highest BCUT2D eigenvalue weighted by molar-refractivity contribution is 5.94. The second-order valence-electron chi connectivity index (χ2n) is 8.59. The number of amides is 2. The molecule has 1 atom stereocenters.